The Bertz CT molecular complexity index is 1520. The van der Waals surface area contributed by atoms with Crippen LogP contribution in [0.4, 0.5) is 0 Å². The molecule has 3 aromatic heterocycles. The number of carboxylic acid groups (broad SMARTS) is 1. The molecule has 182 valence electrons. The van der Waals surface area contributed by atoms with E-state index in [0.717, 1.165) is 44.4 Å². The van der Waals surface area contributed by atoms with Crippen molar-refractivity contribution in [1.29, 1.82) is 0 Å². The number of carbonyl (C=O) groups is 2. The van der Waals surface area contributed by atoms with Crippen LogP contribution in [0.2, 0.25) is 0 Å². The van der Waals surface area contributed by atoms with Crippen LogP contribution in [0.15, 0.2) is 47.6 Å². The van der Waals surface area contributed by atoms with E-state index in [-0.39, 0.29) is 18.1 Å². The first-order valence-electron chi connectivity index (χ1n) is 11.3. The van der Waals surface area contributed by atoms with E-state index in [1.807, 2.05) is 35.8 Å². The van der Waals surface area contributed by atoms with Crippen molar-refractivity contribution in [2.75, 3.05) is 7.11 Å². The van der Waals surface area contributed by atoms with Crippen LogP contribution in [0, 0.1) is 20.8 Å². The molecule has 1 aliphatic rings. The van der Waals surface area contributed by atoms with Gasteiger partial charge in [-0.15, -0.1) is 21.5 Å². The lowest BCUT2D eigenvalue weighted by Crippen LogP contribution is -2.12. The number of thiophene rings is 1. The number of carbonyl (C=O) groups excluding carboxylic acids is 1. The predicted molar refractivity (Wildman–Crippen MR) is 135 cm³/mol. The molecule has 0 aliphatic carbocycles. The molecule has 4 heterocycles. The number of ether oxygens (including phenoxy) is 1. The zero-order valence-corrected chi connectivity index (χ0v) is 21.0. The number of benzene rings is 1. The van der Waals surface area contributed by atoms with Crippen LogP contribution in [-0.4, -0.2) is 49.6 Å². The largest absolute Gasteiger partial charge is 0.477 e. The molecular formula is C26H23N5O4S. The summed E-state index contributed by atoms with van der Waals surface area (Å²) in [6.07, 6.45) is 1.60. The summed E-state index contributed by atoms with van der Waals surface area (Å²) in [6, 6.07) is 10.5. The molecule has 0 saturated carbocycles. The molecular weight excluding hydrogens is 478 g/mol. The lowest BCUT2D eigenvalue weighted by Gasteiger charge is -2.12. The highest BCUT2D eigenvalue weighted by Gasteiger charge is 2.32. The minimum atomic E-state index is -1.06. The summed E-state index contributed by atoms with van der Waals surface area (Å²) in [4.78, 5) is 33.6. The van der Waals surface area contributed by atoms with E-state index >= 15 is 0 Å². The molecule has 0 spiro atoms. The number of rotatable bonds is 5. The van der Waals surface area contributed by atoms with Gasteiger partial charge < -0.3 is 9.84 Å². The van der Waals surface area contributed by atoms with E-state index in [1.54, 1.807) is 23.6 Å². The summed E-state index contributed by atoms with van der Waals surface area (Å²) in [5, 5.41) is 18.7. The average molecular weight is 502 g/mol. The monoisotopic (exact) mass is 501 g/mol. The normalized spacial score (nSPS) is 14.4. The lowest BCUT2D eigenvalue weighted by molar-refractivity contribution is -0.141. The maximum atomic E-state index is 12.3. The minimum Gasteiger partial charge on any atom is -0.477 e. The molecule has 36 heavy (non-hydrogen) atoms. The lowest BCUT2D eigenvalue weighted by atomic mass is 9.97. The van der Waals surface area contributed by atoms with Gasteiger partial charge in [-0.25, -0.2) is 9.78 Å². The van der Waals surface area contributed by atoms with Crippen LogP contribution in [0.1, 0.15) is 56.2 Å². The van der Waals surface area contributed by atoms with E-state index in [9.17, 15) is 9.59 Å². The highest BCUT2D eigenvalue weighted by Crippen LogP contribution is 2.39. The van der Waals surface area contributed by atoms with Gasteiger partial charge in [-0.3, -0.25) is 14.4 Å². The number of esters is 1. The number of carboxylic acids is 1. The summed E-state index contributed by atoms with van der Waals surface area (Å²) >= 11 is 1.65. The standard InChI is InChI=1S/C26H23N5O4S/c1-13-14(2)36-25-22(13)23(28-20(11-21(32)35-4)24-30-29-15(3)31(24)25)17-7-5-16(6-8-17)18-9-10-19(26(33)34)27-12-18/h5-10,12,20H,11H2,1-4H3,(H,33,34)/t20-/m0/s1. The third kappa shape index (κ3) is 3.99. The first kappa shape index (κ1) is 23.6. The summed E-state index contributed by atoms with van der Waals surface area (Å²) in [5.74, 6) is -0.100. The van der Waals surface area contributed by atoms with E-state index in [0.29, 0.717) is 5.82 Å². The van der Waals surface area contributed by atoms with Gasteiger partial charge in [0, 0.05) is 27.8 Å². The zero-order chi connectivity index (χ0) is 25.6. The number of aromatic nitrogens is 4. The molecule has 0 unspecified atom stereocenters. The Kier molecular flexibility index (Phi) is 5.97. The smallest absolute Gasteiger partial charge is 0.354 e. The van der Waals surface area contributed by atoms with Crippen LogP contribution in [0.3, 0.4) is 0 Å². The first-order valence-corrected chi connectivity index (χ1v) is 12.1. The van der Waals surface area contributed by atoms with E-state index < -0.39 is 12.0 Å². The van der Waals surface area contributed by atoms with Crippen molar-refractivity contribution in [3.63, 3.8) is 0 Å². The molecule has 0 amide bonds. The van der Waals surface area contributed by atoms with Crippen LogP contribution in [0.25, 0.3) is 16.1 Å². The SMILES string of the molecule is COC(=O)C[C@@H]1N=C(c2ccc(-c3ccc(C(=O)O)nc3)cc2)c2c(sc(C)c2C)-n2c(C)nnc21. The fourth-order valence-electron chi connectivity index (χ4n) is 4.28. The second kappa shape index (κ2) is 9.12. The minimum absolute atomic E-state index is 0.00189. The Hall–Kier alpha value is -4.18. The number of aromatic carboxylic acids is 1. The number of fused-ring (bicyclic) bond motifs is 3. The molecule has 4 aromatic rings. The van der Waals surface area contributed by atoms with Crippen molar-refractivity contribution in [1.82, 2.24) is 19.7 Å². The van der Waals surface area contributed by atoms with Crippen LogP contribution in [-0.2, 0) is 9.53 Å². The van der Waals surface area contributed by atoms with Gasteiger partial charge in [0.1, 0.15) is 22.6 Å². The molecule has 0 radical (unpaired) electrons. The Labute approximate surface area is 211 Å². The molecule has 9 nitrogen and oxygen atoms in total. The van der Waals surface area contributed by atoms with E-state index in [4.69, 9.17) is 14.8 Å². The molecule has 0 fully saturated rings. The van der Waals surface area contributed by atoms with Crippen molar-refractivity contribution in [3.8, 4) is 16.1 Å². The van der Waals surface area contributed by atoms with Gasteiger partial charge in [-0.2, -0.15) is 0 Å². The maximum absolute atomic E-state index is 12.3. The van der Waals surface area contributed by atoms with E-state index in [2.05, 4.69) is 29.0 Å². The number of hydrogen-bond donors (Lipinski definition) is 1. The van der Waals surface area contributed by atoms with Crippen LogP contribution >= 0.6 is 11.3 Å². The van der Waals surface area contributed by atoms with Gasteiger partial charge >= 0.3 is 11.9 Å². The summed E-state index contributed by atoms with van der Waals surface area (Å²) in [7, 11) is 1.36. The van der Waals surface area contributed by atoms with Gasteiger partial charge in [0.15, 0.2) is 5.82 Å². The number of methoxy groups -OCH3 is 1. The molecule has 1 atom stereocenters. The Morgan fingerprint density at radius 3 is 2.36 bits per heavy atom. The summed E-state index contributed by atoms with van der Waals surface area (Å²) in [6.45, 7) is 6.04. The van der Waals surface area contributed by atoms with E-state index in [1.165, 1.54) is 18.1 Å². The van der Waals surface area contributed by atoms with Crippen LogP contribution in [0.5, 0.6) is 0 Å². The third-order valence-electron chi connectivity index (χ3n) is 6.30. The molecule has 1 N–H and O–H groups in total. The quantitative estimate of drug-likeness (QED) is 0.401. The topological polar surface area (TPSA) is 120 Å². The third-order valence-corrected chi connectivity index (χ3v) is 7.49. The first-order chi connectivity index (χ1) is 17.3. The Balaban J connectivity index is 1.63. The molecule has 0 bridgehead atoms. The van der Waals surface area contributed by atoms with Crippen molar-refractivity contribution in [2.45, 2.75) is 33.2 Å². The molecule has 1 aromatic carbocycles. The van der Waals surface area contributed by atoms with Gasteiger partial charge in [-0.05, 0) is 38.0 Å². The zero-order valence-electron chi connectivity index (χ0n) is 20.1. The van der Waals surface area contributed by atoms with Crippen LogP contribution < -0.4 is 0 Å². The molecule has 0 saturated heterocycles. The van der Waals surface area contributed by atoms with Crippen molar-refractivity contribution < 1.29 is 19.4 Å². The van der Waals surface area contributed by atoms with Gasteiger partial charge in [0.05, 0.1) is 19.2 Å². The van der Waals surface area contributed by atoms with Gasteiger partial charge in [-0.1, -0.05) is 30.3 Å². The average Bonchev–Trinajstić information content (AvgIpc) is 3.36. The highest BCUT2D eigenvalue weighted by molar-refractivity contribution is 7.15. The predicted octanol–water partition coefficient (Wildman–Crippen LogP) is 4.47. The summed E-state index contributed by atoms with van der Waals surface area (Å²) in [5.41, 5.74) is 5.48. The number of hydrogen-bond acceptors (Lipinski definition) is 8. The van der Waals surface area contributed by atoms with Gasteiger partial charge in [0.2, 0.25) is 0 Å². The Morgan fingerprint density at radius 1 is 1.03 bits per heavy atom. The number of nitrogens with zero attached hydrogens (tertiary/aromatic N) is 5. The van der Waals surface area contributed by atoms with Crippen molar-refractivity contribution in [2.24, 2.45) is 4.99 Å². The molecule has 1 aliphatic heterocycles. The number of aryl methyl sites for hydroxylation is 2. The summed E-state index contributed by atoms with van der Waals surface area (Å²) < 4.78 is 6.93. The Morgan fingerprint density at radius 2 is 1.72 bits per heavy atom. The maximum Gasteiger partial charge on any atom is 0.354 e. The second-order valence-corrected chi connectivity index (χ2v) is 9.70. The fraction of sp³-hybridized carbons (Fsp3) is 0.231. The van der Waals surface area contributed by atoms with Crippen molar-refractivity contribution >= 4 is 29.0 Å². The molecule has 5 rings (SSSR count). The second-order valence-electron chi connectivity index (χ2n) is 8.49. The fourth-order valence-corrected chi connectivity index (χ4v) is 5.49. The van der Waals surface area contributed by atoms with Crippen molar-refractivity contribution in [3.05, 3.63) is 81.5 Å². The highest BCUT2D eigenvalue weighted by atomic mass is 32.1. The van der Waals surface area contributed by atoms with Gasteiger partial charge in [0.25, 0.3) is 0 Å². The molecule has 10 heteroatoms. The number of pyridine rings is 1. The number of aliphatic imine (C=N–C) groups is 1.